The van der Waals surface area contributed by atoms with E-state index >= 15 is 0 Å². The maximum atomic E-state index is 13.6. The van der Waals surface area contributed by atoms with E-state index < -0.39 is 33.6 Å². The molecule has 0 aliphatic carbocycles. The maximum Gasteiger partial charge on any atom is 0.409 e. The van der Waals surface area contributed by atoms with Crippen molar-refractivity contribution in [2.24, 2.45) is 0 Å². The minimum atomic E-state index is -4.23. The molecule has 3 N–H and O–H groups in total. The number of amides is 2. The van der Waals surface area contributed by atoms with Crippen LogP contribution in [0.5, 0.6) is 5.75 Å². The van der Waals surface area contributed by atoms with Crippen molar-refractivity contribution in [2.45, 2.75) is 43.7 Å². The molecule has 178 valence electrons. The number of hydrogen-bond donors (Lipinski definition) is 3. The van der Waals surface area contributed by atoms with E-state index in [2.05, 4.69) is 10.6 Å². The van der Waals surface area contributed by atoms with Gasteiger partial charge in [0.05, 0.1) is 22.2 Å². The largest absolute Gasteiger partial charge is 0.486 e. The van der Waals surface area contributed by atoms with Crippen molar-refractivity contribution in [1.29, 1.82) is 0 Å². The SMILES string of the molecule is CC(=O)NC(C)(C)CC1CN(S(=O)(=O)c2ccc(F)c(Cl)c2)c2cc(NC(=O)O)ccc2O1. The molecule has 9 nitrogen and oxygen atoms in total. The number of halogens is 2. The number of anilines is 2. The summed E-state index contributed by atoms with van der Waals surface area (Å²) in [5.41, 5.74) is -0.456. The van der Waals surface area contributed by atoms with E-state index in [0.29, 0.717) is 0 Å². The molecule has 2 aromatic carbocycles. The number of fused-ring (bicyclic) bond motifs is 1. The topological polar surface area (TPSA) is 125 Å². The summed E-state index contributed by atoms with van der Waals surface area (Å²) in [5, 5.41) is 13.6. The standard InChI is InChI=1S/C21H23ClFN3O6S/c1-12(27)25-21(2,3)10-14-11-26(33(30,31)15-5-6-17(23)16(22)9-15)18-8-13(24-20(28)29)4-7-19(18)32-14/h4-9,14,24H,10-11H2,1-3H3,(H,25,27)(H,28,29). The van der Waals surface area contributed by atoms with Crippen LogP contribution in [0.2, 0.25) is 5.02 Å². The number of nitrogens with one attached hydrogen (secondary N) is 2. The number of ether oxygens (including phenoxy) is 1. The summed E-state index contributed by atoms with van der Waals surface area (Å²) in [6.07, 6.45) is -1.69. The fourth-order valence-corrected chi connectivity index (χ4v) is 5.48. The van der Waals surface area contributed by atoms with Gasteiger partial charge in [0, 0.05) is 24.6 Å². The minimum Gasteiger partial charge on any atom is -0.486 e. The molecule has 2 amide bonds. The number of sulfonamides is 1. The van der Waals surface area contributed by atoms with Crippen molar-refractivity contribution in [3.8, 4) is 5.75 Å². The molecule has 0 radical (unpaired) electrons. The monoisotopic (exact) mass is 499 g/mol. The summed E-state index contributed by atoms with van der Waals surface area (Å²) in [5.74, 6) is -0.801. The van der Waals surface area contributed by atoms with Gasteiger partial charge in [0.15, 0.2) is 0 Å². The second kappa shape index (κ2) is 9.06. The first kappa shape index (κ1) is 24.6. The molecule has 33 heavy (non-hydrogen) atoms. The molecule has 0 aromatic heterocycles. The van der Waals surface area contributed by atoms with Crippen LogP contribution < -0.4 is 19.7 Å². The van der Waals surface area contributed by atoms with Gasteiger partial charge in [-0.15, -0.1) is 0 Å². The van der Waals surface area contributed by atoms with Crippen molar-refractivity contribution in [3.63, 3.8) is 0 Å². The summed E-state index contributed by atoms with van der Waals surface area (Å²) in [4.78, 5) is 22.3. The number of carbonyl (C=O) groups is 2. The Morgan fingerprint density at radius 1 is 1.27 bits per heavy atom. The Labute approximate surface area is 195 Å². The molecule has 1 aliphatic rings. The molecule has 1 aliphatic heterocycles. The molecule has 1 atom stereocenters. The molecule has 1 unspecified atom stereocenters. The van der Waals surface area contributed by atoms with Gasteiger partial charge >= 0.3 is 6.09 Å². The van der Waals surface area contributed by atoms with E-state index in [1.807, 2.05) is 0 Å². The molecule has 3 rings (SSSR count). The lowest BCUT2D eigenvalue weighted by Crippen LogP contribution is -2.50. The number of carboxylic acid groups (broad SMARTS) is 1. The van der Waals surface area contributed by atoms with Crippen LogP contribution in [0, 0.1) is 5.82 Å². The summed E-state index contributed by atoms with van der Waals surface area (Å²) < 4.78 is 47.7. The predicted octanol–water partition coefficient (Wildman–Crippen LogP) is 3.83. The molecule has 0 spiro atoms. The highest BCUT2D eigenvalue weighted by Gasteiger charge is 2.37. The minimum absolute atomic E-state index is 0.107. The number of benzene rings is 2. The van der Waals surface area contributed by atoms with E-state index in [-0.39, 0.29) is 45.9 Å². The molecule has 12 heteroatoms. The van der Waals surface area contributed by atoms with Crippen LogP contribution in [-0.4, -0.2) is 43.7 Å². The maximum absolute atomic E-state index is 13.6. The molecule has 2 aromatic rings. The number of nitrogens with zero attached hydrogens (tertiary/aromatic N) is 1. The van der Waals surface area contributed by atoms with Crippen LogP contribution in [0.15, 0.2) is 41.3 Å². The summed E-state index contributed by atoms with van der Waals surface area (Å²) >= 11 is 5.81. The Kier molecular flexibility index (Phi) is 6.75. The van der Waals surface area contributed by atoms with E-state index in [1.165, 1.54) is 25.1 Å². The molecular weight excluding hydrogens is 477 g/mol. The Bertz CT molecular complexity index is 1200. The zero-order valence-corrected chi connectivity index (χ0v) is 19.6. The number of hydrogen-bond acceptors (Lipinski definition) is 5. The predicted molar refractivity (Wildman–Crippen MR) is 121 cm³/mol. The van der Waals surface area contributed by atoms with Crippen LogP contribution in [0.4, 0.5) is 20.6 Å². The van der Waals surface area contributed by atoms with E-state index in [0.717, 1.165) is 22.5 Å². The Balaban J connectivity index is 2.06. The van der Waals surface area contributed by atoms with Crippen LogP contribution in [0.25, 0.3) is 0 Å². The van der Waals surface area contributed by atoms with E-state index in [9.17, 15) is 22.4 Å². The van der Waals surface area contributed by atoms with Crippen molar-refractivity contribution >= 4 is 45.0 Å². The van der Waals surface area contributed by atoms with E-state index in [4.69, 9.17) is 21.4 Å². The molecule has 0 saturated heterocycles. The third kappa shape index (κ3) is 5.66. The first-order valence-electron chi connectivity index (χ1n) is 9.86. The van der Waals surface area contributed by atoms with Gasteiger partial charge < -0.3 is 15.2 Å². The molecule has 0 saturated carbocycles. The van der Waals surface area contributed by atoms with Gasteiger partial charge in [-0.1, -0.05) is 11.6 Å². The highest BCUT2D eigenvalue weighted by Crippen LogP contribution is 2.40. The lowest BCUT2D eigenvalue weighted by atomic mass is 9.95. The van der Waals surface area contributed by atoms with Gasteiger partial charge in [-0.3, -0.25) is 14.4 Å². The average molecular weight is 500 g/mol. The molecule has 1 heterocycles. The first-order valence-corrected chi connectivity index (χ1v) is 11.7. The van der Waals surface area contributed by atoms with Crippen molar-refractivity contribution < 1.29 is 32.2 Å². The Morgan fingerprint density at radius 2 is 1.97 bits per heavy atom. The third-order valence-electron chi connectivity index (χ3n) is 4.87. The second-order valence-electron chi connectivity index (χ2n) is 8.23. The quantitative estimate of drug-likeness (QED) is 0.554. The lowest BCUT2D eigenvalue weighted by molar-refractivity contribution is -0.120. The van der Waals surface area contributed by atoms with Crippen LogP contribution >= 0.6 is 11.6 Å². The summed E-state index contributed by atoms with van der Waals surface area (Å²) in [6, 6.07) is 7.29. The van der Waals surface area contributed by atoms with E-state index in [1.54, 1.807) is 13.8 Å². The lowest BCUT2D eigenvalue weighted by Gasteiger charge is -2.39. The second-order valence-corrected chi connectivity index (χ2v) is 10.5. The number of carbonyl (C=O) groups excluding carboxylic acids is 1. The fraction of sp³-hybridized carbons (Fsp3) is 0.333. The van der Waals surface area contributed by atoms with Crippen molar-refractivity contribution in [1.82, 2.24) is 5.32 Å². The van der Waals surface area contributed by atoms with Gasteiger partial charge in [0.2, 0.25) is 5.91 Å². The van der Waals surface area contributed by atoms with Gasteiger partial charge in [0.1, 0.15) is 17.7 Å². The van der Waals surface area contributed by atoms with Gasteiger partial charge in [-0.25, -0.2) is 17.6 Å². The smallest absolute Gasteiger partial charge is 0.409 e. The molecule has 0 bridgehead atoms. The van der Waals surface area contributed by atoms with Gasteiger partial charge in [0.25, 0.3) is 10.0 Å². The van der Waals surface area contributed by atoms with Crippen molar-refractivity contribution in [3.05, 3.63) is 47.2 Å². The Morgan fingerprint density at radius 3 is 2.58 bits per heavy atom. The van der Waals surface area contributed by atoms with Gasteiger partial charge in [-0.2, -0.15) is 0 Å². The normalized spacial score (nSPS) is 15.9. The first-order chi connectivity index (χ1) is 15.3. The molecular formula is C21H23ClFN3O6S. The third-order valence-corrected chi connectivity index (χ3v) is 6.94. The highest BCUT2D eigenvalue weighted by atomic mass is 35.5. The summed E-state index contributed by atoms with van der Waals surface area (Å²) in [6.45, 7) is 4.81. The number of rotatable bonds is 6. The van der Waals surface area contributed by atoms with Crippen LogP contribution in [-0.2, 0) is 14.8 Å². The van der Waals surface area contributed by atoms with Crippen molar-refractivity contribution in [2.75, 3.05) is 16.2 Å². The fourth-order valence-electron chi connectivity index (χ4n) is 3.71. The zero-order valence-electron chi connectivity index (χ0n) is 18.1. The van der Waals surface area contributed by atoms with Crippen LogP contribution in [0.1, 0.15) is 27.2 Å². The highest BCUT2D eigenvalue weighted by molar-refractivity contribution is 7.92. The summed E-state index contributed by atoms with van der Waals surface area (Å²) in [7, 11) is -4.23. The van der Waals surface area contributed by atoms with Crippen LogP contribution in [0.3, 0.4) is 0 Å². The Hall–Kier alpha value is -3.05. The average Bonchev–Trinajstić information content (AvgIpc) is 2.67. The zero-order chi connectivity index (χ0) is 24.6. The molecule has 0 fully saturated rings. The van der Waals surface area contributed by atoms with Gasteiger partial charge in [-0.05, 0) is 50.2 Å².